The summed E-state index contributed by atoms with van der Waals surface area (Å²) in [4.78, 5) is 29.3. The van der Waals surface area contributed by atoms with Crippen molar-refractivity contribution in [2.45, 2.75) is 19.6 Å². The van der Waals surface area contributed by atoms with Crippen LogP contribution < -0.4 is 15.5 Å². The average molecular weight is 499 g/mol. The van der Waals surface area contributed by atoms with Gasteiger partial charge in [0.05, 0.1) is 23.7 Å². The van der Waals surface area contributed by atoms with E-state index < -0.39 is 33.8 Å². The normalized spacial score (nSPS) is 18.4. The quantitative estimate of drug-likeness (QED) is 0.332. The summed E-state index contributed by atoms with van der Waals surface area (Å²) in [6.07, 6.45) is 1.03. The zero-order chi connectivity index (χ0) is 25.2. The number of amides is 2. The van der Waals surface area contributed by atoms with Gasteiger partial charge >= 0.3 is 0 Å². The Morgan fingerprint density at radius 2 is 1.86 bits per heavy atom. The summed E-state index contributed by atoms with van der Waals surface area (Å²) in [5, 5.41) is 12.7. The van der Waals surface area contributed by atoms with E-state index >= 15 is 0 Å². The third-order valence-corrected chi connectivity index (χ3v) is 7.20. The first-order chi connectivity index (χ1) is 16.7. The van der Waals surface area contributed by atoms with Crippen molar-refractivity contribution in [3.8, 4) is 5.75 Å². The van der Waals surface area contributed by atoms with Gasteiger partial charge in [-0.2, -0.15) is 4.31 Å². The maximum atomic E-state index is 12.8. The highest BCUT2D eigenvalue weighted by atomic mass is 32.2. The third-order valence-electron chi connectivity index (χ3n) is 5.96. The fourth-order valence-corrected chi connectivity index (χ4v) is 5.03. The number of hydrogen-bond donors (Lipinski definition) is 3. The molecule has 1 fully saturated rings. The Kier molecular flexibility index (Phi) is 7.01. The number of carbonyl (C=O) groups is 2. The Morgan fingerprint density at radius 1 is 1.14 bits per heavy atom. The topological polar surface area (TPSA) is 138 Å². The summed E-state index contributed by atoms with van der Waals surface area (Å²) in [5.74, 6) is -1.57. The van der Waals surface area contributed by atoms with Gasteiger partial charge in [-0.25, -0.2) is 13.9 Å². The van der Waals surface area contributed by atoms with Crippen LogP contribution in [-0.4, -0.2) is 60.1 Å². The smallest absolute Gasteiger partial charge is 0.251 e. The van der Waals surface area contributed by atoms with Crippen molar-refractivity contribution < 1.29 is 28.0 Å². The molecule has 2 heterocycles. The lowest BCUT2D eigenvalue weighted by atomic mass is 10.0. The summed E-state index contributed by atoms with van der Waals surface area (Å²) in [6.45, 7) is 2.06. The van der Waals surface area contributed by atoms with Gasteiger partial charge in [-0.3, -0.25) is 19.8 Å². The number of hydrogen-bond acceptors (Lipinski definition) is 7. The van der Waals surface area contributed by atoms with Crippen LogP contribution in [-0.2, 0) is 21.4 Å². The summed E-state index contributed by atoms with van der Waals surface area (Å²) >= 11 is 0. The van der Waals surface area contributed by atoms with Crippen molar-refractivity contribution >= 4 is 32.7 Å². The van der Waals surface area contributed by atoms with E-state index in [1.165, 1.54) is 5.48 Å². The molecule has 3 N–H and O–H groups in total. The van der Waals surface area contributed by atoms with Gasteiger partial charge in [0, 0.05) is 35.3 Å². The number of carbonyl (C=O) groups excluding carboxylic acids is 2. The maximum absolute atomic E-state index is 12.8. The van der Waals surface area contributed by atoms with Crippen molar-refractivity contribution in [1.29, 1.82) is 0 Å². The van der Waals surface area contributed by atoms with Gasteiger partial charge in [-0.1, -0.05) is 18.2 Å². The van der Waals surface area contributed by atoms with Crippen LogP contribution in [0.3, 0.4) is 0 Å². The minimum atomic E-state index is -3.56. The van der Waals surface area contributed by atoms with Crippen LogP contribution in [0.15, 0.2) is 54.6 Å². The van der Waals surface area contributed by atoms with Gasteiger partial charge < -0.3 is 10.1 Å². The lowest BCUT2D eigenvalue weighted by molar-refractivity contribution is -0.133. The van der Waals surface area contributed by atoms with Crippen LogP contribution in [0, 0.1) is 12.8 Å². The second kappa shape index (κ2) is 9.98. The Bertz CT molecular complexity index is 1360. The van der Waals surface area contributed by atoms with Gasteiger partial charge in [0.15, 0.2) is 0 Å². The van der Waals surface area contributed by atoms with Crippen LogP contribution in [0.5, 0.6) is 5.75 Å². The molecule has 0 aliphatic carbocycles. The van der Waals surface area contributed by atoms with Crippen LogP contribution in [0.4, 0.5) is 0 Å². The Balaban J connectivity index is 1.42. The van der Waals surface area contributed by atoms with Crippen molar-refractivity contribution in [2.75, 3.05) is 19.3 Å². The molecule has 0 spiro atoms. The molecule has 1 aliphatic heterocycles. The van der Waals surface area contributed by atoms with E-state index in [0.717, 1.165) is 32.7 Å². The van der Waals surface area contributed by atoms with Gasteiger partial charge in [0.2, 0.25) is 15.9 Å². The predicted octanol–water partition coefficient (Wildman–Crippen LogP) is 1.62. The zero-order valence-electron chi connectivity index (χ0n) is 19.3. The number of ether oxygens (including phenoxy) is 1. The number of sulfonamides is 1. The molecule has 4 rings (SSSR count). The number of hydroxylamine groups is 1. The third kappa shape index (κ3) is 5.59. The second-order valence-corrected chi connectivity index (χ2v) is 10.5. The number of para-hydroxylation sites is 1. The van der Waals surface area contributed by atoms with Crippen molar-refractivity contribution in [1.82, 2.24) is 20.1 Å². The molecule has 0 radical (unpaired) electrons. The summed E-state index contributed by atoms with van der Waals surface area (Å²) in [7, 11) is -3.56. The Morgan fingerprint density at radius 3 is 2.54 bits per heavy atom. The molecular formula is C24H26N4O6S. The summed E-state index contributed by atoms with van der Waals surface area (Å²) < 4.78 is 30.8. The number of aryl methyl sites for hydroxylation is 1. The Labute approximate surface area is 202 Å². The van der Waals surface area contributed by atoms with Gasteiger partial charge in [-0.15, -0.1) is 0 Å². The molecule has 2 amide bonds. The summed E-state index contributed by atoms with van der Waals surface area (Å²) in [5.41, 5.74) is 4.65. The van der Waals surface area contributed by atoms with Gasteiger partial charge in [-0.05, 0) is 43.3 Å². The zero-order valence-corrected chi connectivity index (χ0v) is 20.1. The van der Waals surface area contributed by atoms with Crippen LogP contribution in [0.25, 0.3) is 10.9 Å². The van der Waals surface area contributed by atoms with E-state index in [0.29, 0.717) is 17.9 Å². The number of fused-ring (bicyclic) bond motifs is 1. The summed E-state index contributed by atoms with van der Waals surface area (Å²) in [6, 6.07) is 15.5. The molecule has 2 atom stereocenters. The minimum Gasteiger partial charge on any atom is -0.489 e. The SMILES string of the molecule is Cc1cc(COc2ccc(C(=O)NC3CN(S(C)(=O)=O)CC3C(=O)NO)cc2)c2ccccc2n1. The molecule has 1 aliphatic rings. The Hall–Kier alpha value is -3.54. The number of nitrogens with one attached hydrogen (secondary N) is 2. The van der Waals surface area contributed by atoms with E-state index in [-0.39, 0.29) is 13.1 Å². The highest BCUT2D eigenvalue weighted by Crippen LogP contribution is 2.23. The van der Waals surface area contributed by atoms with Crippen LogP contribution >= 0.6 is 0 Å². The standard InChI is InChI=1S/C24H26N4O6S/c1-15-11-17(19-5-3-4-6-21(19)25-15)14-34-18-9-7-16(8-10-18)23(29)26-22-13-28(35(2,32)33)12-20(22)24(30)27-31/h3-11,20,22,31H,12-14H2,1-2H3,(H,26,29)(H,27,30). The van der Waals surface area contributed by atoms with Crippen LogP contribution in [0.2, 0.25) is 0 Å². The van der Waals surface area contributed by atoms with E-state index in [1.54, 1.807) is 24.3 Å². The molecule has 11 heteroatoms. The largest absolute Gasteiger partial charge is 0.489 e. The molecule has 3 aromatic rings. The molecular weight excluding hydrogens is 472 g/mol. The average Bonchev–Trinajstić information content (AvgIpc) is 3.26. The monoisotopic (exact) mass is 498 g/mol. The second-order valence-electron chi connectivity index (χ2n) is 8.50. The van der Waals surface area contributed by atoms with Crippen LogP contribution in [0.1, 0.15) is 21.6 Å². The molecule has 2 aromatic carbocycles. The maximum Gasteiger partial charge on any atom is 0.251 e. The molecule has 2 unspecified atom stereocenters. The fourth-order valence-electron chi connectivity index (χ4n) is 4.16. The number of aromatic nitrogens is 1. The first-order valence-corrected chi connectivity index (χ1v) is 12.8. The minimum absolute atomic E-state index is 0.0663. The lowest BCUT2D eigenvalue weighted by Crippen LogP contribution is -2.45. The molecule has 0 bridgehead atoms. The molecule has 10 nitrogen and oxygen atoms in total. The molecule has 0 saturated carbocycles. The molecule has 35 heavy (non-hydrogen) atoms. The predicted molar refractivity (Wildman–Crippen MR) is 128 cm³/mol. The van der Waals surface area contributed by atoms with Gasteiger partial charge in [0.1, 0.15) is 12.4 Å². The van der Waals surface area contributed by atoms with Gasteiger partial charge in [0.25, 0.3) is 5.91 Å². The number of rotatable bonds is 7. The highest BCUT2D eigenvalue weighted by Gasteiger charge is 2.41. The van der Waals surface area contributed by atoms with Crippen molar-refractivity contribution in [3.05, 3.63) is 71.4 Å². The molecule has 184 valence electrons. The number of benzene rings is 2. The van der Waals surface area contributed by atoms with E-state index in [9.17, 15) is 18.0 Å². The van der Waals surface area contributed by atoms with Crippen molar-refractivity contribution in [3.63, 3.8) is 0 Å². The van der Waals surface area contributed by atoms with Crippen molar-refractivity contribution in [2.24, 2.45) is 5.92 Å². The lowest BCUT2D eigenvalue weighted by Gasteiger charge is -2.18. The van der Waals surface area contributed by atoms with E-state index in [4.69, 9.17) is 9.94 Å². The molecule has 1 aromatic heterocycles. The van der Waals surface area contributed by atoms with E-state index in [1.807, 2.05) is 37.3 Å². The molecule has 1 saturated heterocycles. The fraction of sp³-hybridized carbons (Fsp3) is 0.292. The number of nitrogens with zero attached hydrogens (tertiary/aromatic N) is 2. The number of pyridine rings is 1. The highest BCUT2D eigenvalue weighted by molar-refractivity contribution is 7.88. The first-order valence-electron chi connectivity index (χ1n) is 10.9. The van der Waals surface area contributed by atoms with E-state index in [2.05, 4.69) is 10.3 Å². The first kappa shape index (κ1) is 24.6.